The Morgan fingerprint density at radius 2 is 1.85 bits per heavy atom. The van der Waals surface area contributed by atoms with Gasteiger partial charge < -0.3 is 19.2 Å². The molecule has 26 heavy (non-hydrogen) atoms. The lowest BCUT2D eigenvalue weighted by molar-refractivity contribution is -0.118. The number of carbonyl (C=O) groups is 2. The van der Waals surface area contributed by atoms with Crippen molar-refractivity contribution in [1.82, 2.24) is 0 Å². The van der Waals surface area contributed by atoms with E-state index in [1.807, 2.05) is 0 Å². The molecule has 0 bridgehead atoms. The third kappa shape index (κ3) is 3.97. The molecule has 1 aromatic heterocycles. The van der Waals surface area contributed by atoms with Crippen LogP contribution in [0.25, 0.3) is 11.0 Å². The van der Waals surface area contributed by atoms with Gasteiger partial charge in [-0.15, -0.1) is 0 Å². The van der Waals surface area contributed by atoms with Crippen molar-refractivity contribution in [2.24, 2.45) is 0 Å². The predicted octanol–water partition coefficient (Wildman–Crippen LogP) is 4.28. The summed E-state index contributed by atoms with van der Waals surface area (Å²) in [6.45, 7) is 1.66. The maximum absolute atomic E-state index is 12.3. The Bertz CT molecular complexity index is 933. The van der Waals surface area contributed by atoms with Crippen LogP contribution >= 0.6 is 11.6 Å². The lowest BCUT2D eigenvalue weighted by atomic mass is 10.2. The molecule has 0 aliphatic heterocycles. The lowest BCUT2D eigenvalue weighted by Gasteiger charge is -2.08. The van der Waals surface area contributed by atoms with Gasteiger partial charge in [0, 0.05) is 10.4 Å². The maximum Gasteiger partial charge on any atom is 0.376 e. The molecule has 0 radical (unpaired) electrons. The Labute approximate surface area is 154 Å². The van der Waals surface area contributed by atoms with Gasteiger partial charge in [-0.25, -0.2) is 4.79 Å². The first-order chi connectivity index (χ1) is 12.6. The number of furan rings is 1. The van der Waals surface area contributed by atoms with E-state index in [0.717, 1.165) is 0 Å². The minimum absolute atomic E-state index is 0.0482. The number of ether oxygens (including phenoxy) is 2. The summed E-state index contributed by atoms with van der Waals surface area (Å²) in [7, 11) is 0. The van der Waals surface area contributed by atoms with E-state index in [9.17, 15) is 9.59 Å². The number of rotatable bonds is 6. The molecule has 1 heterocycles. The number of esters is 1. The molecule has 0 unspecified atom stereocenters. The molecule has 0 atom stereocenters. The van der Waals surface area contributed by atoms with Gasteiger partial charge in [0.15, 0.2) is 6.61 Å². The van der Waals surface area contributed by atoms with Crippen LogP contribution in [0.5, 0.6) is 5.75 Å². The van der Waals surface area contributed by atoms with Gasteiger partial charge >= 0.3 is 5.97 Å². The van der Waals surface area contributed by atoms with Gasteiger partial charge in [0.05, 0.1) is 6.61 Å². The number of nitrogens with one attached hydrogen (secondary N) is 1. The SMILES string of the molecule is CCOC(=O)c1oc2ccccc2c1NC(=O)COc1ccc(Cl)cc1. The van der Waals surface area contributed by atoms with E-state index in [4.69, 9.17) is 25.5 Å². The average molecular weight is 374 g/mol. The molecule has 0 saturated heterocycles. The fourth-order valence-corrected chi connectivity index (χ4v) is 2.49. The first-order valence-electron chi connectivity index (χ1n) is 7.95. The molecule has 0 aliphatic carbocycles. The molecule has 0 fully saturated rings. The molecule has 6 nitrogen and oxygen atoms in total. The van der Waals surface area contributed by atoms with Crippen molar-refractivity contribution < 1.29 is 23.5 Å². The zero-order chi connectivity index (χ0) is 18.5. The Morgan fingerprint density at radius 1 is 1.12 bits per heavy atom. The summed E-state index contributed by atoms with van der Waals surface area (Å²) in [5.74, 6) is -0.616. The fourth-order valence-electron chi connectivity index (χ4n) is 2.37. The number of amides is 1. The molecular weight excluding hydrogens is 358 g/mol. The Balaban J connectivity index is 1.78. The molecule has 1 amide bonds. The van der Waals surface area contributed by atoms with Crippen LogP contribution in [0.15, 0.2) is 52.9 Å². The second-order valence-corrected chi connectivity index (χ2v) is 5.75. The quantitative estimate of drug-likeness (QED) is 0.652. The van der Waals surface area contributed by atoms with Crippen molar-refractivity contribution in [3.63, 3.8) is 0 Å². The number of carbonyl (C=O) groups excluding carboxylic acids is 2. The molecule has 0 aliphatic rings. The zero-order valence-corrected chi connectivity index (χ0v) is 14.7. The molecular formula is C19H16ClNO5. The Kier molecular flexibility index (Phi) is 5.43. The number of fused-ring (bicyclic) bond motifs is 1. The van der Waals surface area contributed by atoms with Gasteiger partial charge in [0.1, 0.15) is 17.0 Å². The number of anilines is 1. The Morgan fingerprint density at radius 3 is 2.58 bits per heavy atom. The highest BCUT2D eigenvalue weighted by Gasteiger charge is 2.23. The van der Waals surface area contributed by atoms with E-state index in [2.05, 4.69) is 5.32 Å². The van der Waals surface area contributed by atoms with Crippen molar-refractivity contribution in [3.05, 3.63) is 59.3 Å². The van der Waals surface area contributed by atoms with Gasteiger partial charge in [-0.1, -0.05) is 23.7 Å². The van der Waals surface area contributed by atoms with Crippen LogP contribution < -0.4 is 10.1 Å². The Hall–Kier alpha value is -2.99. The topological polar surface area (TPSA) is 77.8 Å². The van der Waals surface area contributed by atoms with E-state index in [1.54, 1.807) is 55.5 Å². The van der Waals surface area contributed by atoms with Crippen molar-refractivity contribution in [2.45, 2.75) is 6.92 Å². The average Bonchev–Trinajstić information content (AvgIpc) is 3.00. The van der Waals surface area contributed by atoms with Gasteiger partial charge in [0.25, 0.3) is 5.91 Å². The number of hydrogen-bond acceptors (Lipinski definition) is 5. The highest BCUT2D eigenvalue weighted by molar-refractivity contribution is 6.30. The zero-order valence-electron chi connectivity index (χ0n) is 14.0. The third-order valence-corrected chi connectivity index (χ3v) is 3.76. The molecule has 7 heteroatoms. The highest BCUT2D eigenvalue weighted by Crippen LogP contribution is 2.31. The van der Waals surface area contributed by atoms with Crippen molar-refractivity contribution in [2.75, 3.05) is 18.5 Å². The number of hydrogen-bond donors (Lipinski definition) is 1. The second-order valence-electron chi connectivity index (χ2n) is 5.31. The summed E-state index contributed by atoms with van der Waals surface area (Å²) < 4.78 is 16.0. The molecule has 0 saturated carbocycles. The number of halogens is 1. The third-order valence-electron chi connectivity index (χ3n) is 3.50. The minimum Gasteiger partial charge on any atom is -0.484 e. The fraction of sp³-hybridized carbons (Fsp3) is 0.158. The lowest BCUT2D eigenvalue weighted by Crippen LogP contribution is -2.21. The van der Waals surface area contributed by atoms with Crippen LogP contribution in [-0.4, -0.2) is 25.1 Å². The van der Waals surface area contributed by atoms with E-state index >= 15 is 0 Å². The summed E-state index contributed by atoms with van der Waals surface area (Å²) in [6, 6.07) is 13.7. The standard InChI is InChI=1S/C19H16ClNO5/c1-2-24-19(23)18-17(14-5-3-4-6-15(14)26-18)21-16(22)11-25-13-9-7-12(20)8-10-13/h3-10H,2,11H2,1H3,(H,21,22). The van der Waals surface area contributed by atoms with Gasteiger partial charge in [-0.05, 0) is 43.3 Å². The molecule has 134 valence electrons. The van der Waals surface area contributed by atoms with E-state index < -0.39 is 11.9 Å². The molecule has 3 rings (SSSR count). The van der Waals surface area contributed by atoms with E-state index in [0.29, 0.717) is 21.7 Å². The first-order valence-corrected chi connectivity index (χ1v) is 8.33. The highest BCUT2D eigenvalue weighted by atomic mass is 35.5. The normalized spacial score (nSPS) is 10.5. The summed E-state index contributed by atoms with van der Waals surface area (Å²) in [5.41, 5.74) is 0.744. The largest absolute Gasteiger partial charge is 0.484 e. The molecule has 3 aromatic rings. The van der Waals surface area contributed by atoms with Gasteiger partial charge in [0.2, 0.25) is 5.76 Å². The van der Waals surface area contributed by atoms with Crippen LogP contribution in [0, 0.1) is 0 Å². The number of para-hydroxylation sites is 1. The van der Waals surface area contributed by atoms with Crippen LogP contribution in [0.2, 0.25) is 5.02 Å². The second kappa shape index (κ2) is 7.93. The van der Waals surface area contributed by atoms with Crippen LogP contribution in [-0.2, 0) is 9.53 Å². The van der Waals surface area contributed by atoms with Crippen molar-refractivity contribution >= 4 is 40.1 Å². The van der Waals surface area contributed by atoms with Crippen LogP contribution in [0.4, 0.5) is 5.69 Å². The summed E-state index contributed by atoms with van der Waals surface area (Å²) in [6.07, 6.45) is 0. The first kappa shape index (κ1) is 17.8. The minimum atomic E-state index is -0.641. The molecule has 0 spiro atoms. The van der Waals surface area contributed by atoms with Gasteiger partial charge in [-0.3, -0.25) is 4.79 Å². The van der Waals surface area contributed by atoms with Crippen molar-refractivity contribution in [3.8, 4) is 5.75 Å². The monoisotopic (exact) mass is 373 g/mol. The van der Waals surface area contributed by atoms with E-state index in [-0.39, 0.29) is 24.7 Å². The van der Waals surface area contributed by atoms with Crippen molar-refractivity contribution in [1.29, 1.82) is 0 Å². The summed E-state index contributed by atoms with van der Waals surface area (Å²) in [5, 5.41) is 3.85. The molecule has 2 aromatic carbocycles. The molecule has 1 N–H and O–H groups in total. The van der Waals surface area contributed by atoms with Crippen LogP contribution in [0.3, 0.4) is 0 Å². The summed E-state index contributed by atoms with van der Waals surface area (Å²) in [4.78, 5) is 24.4. The smallest absolute Gasteiger partial charge is 0.376 e. The maximum atomic E-state index is 12.3. The summed E-state index contributed by atoms with van der Waals surface area (Å²) >= 11 is 5.81. The van der Waals surface area contributed by atoms with Gasteiger partial charge in [-0.2, -0.15) is 0 Å². The van der Waals surface area contributed by atoms with Crippen LogP contribution in [0.1, 0.15) is 17.5 Å². The predicted molar refractivity (Wildman–Crippen MR) is 97.7 cm³/mol. The number of benzene rings is 2. The van der Waals surface area contributed by atoms with E-state index in [1.165, 1.54) is 0 Å².